The third kappa shape index (κ3) is 4.74. The maximum absolute atomic E-state index is 5.51. The summed E-state index contributed by atoms with van der Waals surface area (Å²) in [5.41, 5.74) is 4.01. The maximum Gasteiger partial charge on any atom is 0.0760 e. The van der Waals surface area contributed by atoms with Gasteiger partial charge in [-0.1, -0.05) is 19.4 Å². The van der Waals surface area contributed by atoms with Crippen LogP contribution in [0.5, 0.6) is 0 Å². The first kappa shape index (κ1) is 13.6. The summed E-state index contributed by atoms with van der Waals surface area (Å²) in [6.45, 7) is 10.2. The molecule has 0 aromatic carbocycles. The number of nitrogens with two attached hydrogens (primary N) is 1. The summed E-state index contributed by atoms with van der Waals surface area (Å²) in [6, 6.07) is 0.205. The molecule has 0 aromatic heterocycles. The van der Waals surface area contributed by atoms with E-state index >= 15 is 0 Å². The van der Waals surface area contributed by atoms with E-state index in [0.717, 1.165) is 12.8 Å². The molecule has 84 valence electrons. The van der Waals surface area contributed by atoms with Gasteiger partial charge >= 0.3 is 0 Å². The van der Waals surface area contributed by atoms with E-state index in [-0.39, 0.29) is 12.1 Å². The SMILES string of the molecule is C=C(C)CCC(NN)C(OC)C(C)C. The van der Waals surface area contributed by atoms with Crippen molar-refractivity contribution in [1.82, 2.24) is 5.43 Å². The van der Waals surface area contributed by atoms with Gasteiger partial charge in [0.2, 0.25) is 0 Å². The number of hydrogen-bond acceptors (Lipinski definition) is 3. The Morgan fingerprint density at radius 2 is 2.07 bits per heavy atom. The van der Waals surface area contributed by atoms with E-state index in [9.17, 15) is 0 Å². The molecule has 0 bridgehead atoms. The lowest BCUT2D eigenvalue weighted by Crippen LogP contribution is -2.47. The van der Waals surface area contributed by atoms with E-state index in [0.29, 0.717) is 5.92 Å². The quantitative estimate of drug-likeness (QED) is 0.374. The van der Waals surface area contributed by atoms with Gasteiger partial charge in [-0.25, -0.2) is 0 Å². The van der Waals surface area contributed by atoms with Crippen LogP contribution in [0.2, 0.25) is 0 Å². The predicted molar refractivity (Wildman–Crippen MR) is 60.8 cm³/mol. The minimum absolute atomic E-state index is 0.166. The number of nitrogens with one attached hydrogen (secondary N) is 1. The zero-order valence-corrected chi connectivity index (χ0v) is 9.84. The summed E-state index contributed by atoms with van der Waals surface area (Å²) >= 11 is 0. The van der Waals surface area contributed by atoms with Crippen molar-refractivity contribution in [2.45, 2.75) is 45.8 Å². The second-order valence-electron chi connectivity index (χ2n) is 4.21. The van der Waals surface area contributed by atoms with Crippen molar-refractivity contribution in [1.29, 1.82) is 0 Å². The molecule has 0 saturated carbocycles. The first-order valence-electron chi connectivity index (χ1n) is 5.16. The van der Waals surface area contributed by atoms with E-state index in [1.165, 1.54) is 5.57 Å². The fourth-order valence-electron chi connectivity index (χ4n) is 1.65. The van der Waals surface area contributed by atoms with E-state index in [1.54, 1.807) is 7.11 Å². The lowest BCUT2D eigenvalue weighted by atomic mass is 9.95. The van der Waals surface area contributed by atoms with Crippen molar-refractivity contribution in [2.75, 3.05) is 7.11 Å². The number of rotatable bonds is 7. The number of methoxy groups -OCH3 is 1. The fraction of sp³-hybridized carbons (Fsp3) is 0.818. The number of hydrogen-bond donors (Lipinski definition) is 2. The van der Waals surface area contributed by atoms with Gasteiger partial charge in [0, 0.05) is 13.2 Å². The maximum atomic E-state index is 5.51. The molecule has 3 heteroatoms. The molecule has 0 spiro atoms. The monoisotopic (exact) mass is 200 g/mol. The zero-order chi connectivity index (χ0) is 11.1. The van der Waals surface area contributed by atoms with Crippen LogP contribution in [0.3, 0.4) is 0 Å². The minimum Gasteiger partial charge on any atom is -0.380 e. The molecule has 0 radical (unpaired) electrons. The molecule has 3 N–H and O–H groups in total. The average molecular weight is 200 g/mol. The zero-order valence-electron chi connectivity index (χ0n) is 9.84. The average Bonchev–Trinajstić information content (AvgIpc) is 2.10. The first-order chi connectivity index (χ1) is 6.52. The Hall–Kier alpha value is -0.380. The Morgan fingerprint density at radius 3 is 2.36 bits per heavy atom. The molecule has 2 unspecified atom stereocenters. The van der Waals surface area contributed by atoms with Crippen LogP contribution in [0, 0.1) is 5.92 Å². The smallest absolute Gasteiger partial charge is 0.0760 e. The van der Waals surface area contributed by atoms with E-state index < -0.39 is 0 Å². The fourth-order valence-corrected chi connectivity index (χ4v) is 1.65. The van der Waals surface area contributed by atoms with Gasteiger partial charge in [0.1, 0.15) is 0 Å². The van der Waals surface area contributed by atoms with Crippen LogP contribution in [-0.4, -0.2) is 19.3 Å². The number of hydrazine groups is 1. The van der Waals surface area contributed by atoms with Crippen molar-refractivity contribution in [3.05, 3.63) is 12.2 Å². The van der Waals surface area contributed by atoms with Gasteiger partial charge in [-0.15, -0.1) is 6.58 Å². The van der Waals surface area contributed by atoms with E-state index in [1.807, 2.05) is 6.92 Å². The summed E-state index contributed by atoms with van der Waals surface area (Å²) in [6.07, 6.45) is 2.13. The highest BCUT2D eigenvalue weighted by Gasteiger charge is 2.22. The van der Waals surface area contributed by atoms with Gasteiger partial charge < -0.3 is 4.74 Å². The third-order valence-corrected chi connectivity index (χ3v) is 2.42. The van der Waals surface area contributed by atoms with Crippen LogP contribution in [0.1, 0.15) is 33.6 Å². The molecule has 0 aliphatic carbocycles. The Morgan fingerprint density at radius 1 is 1.50 bits per heavy atom. The highest BCUT2D eigenvalue weighted by atomic mass is 16.5. The predicted octanol–water partition coefficient (Wildman–Crippen LogP) is 1.85. The van der Waals surface area contributed by atoms with Crippen LogP contribution in [-0.2, 0) is 4.74 Å². The van der Waals surface area contributed by atoms with Crippen LogP contribution < -0.4 is 11.3 Å². The Balaban J connectivity index is 4.14. The van der Waals surface area contributed by atoms with Gasteiger partial charge in [0.25, 0.3) is 0 Å². The van der Waals surface area contributed by atoms with Crippen LogP contribution in [0.4, 0.5) is 0 Å². The Bertz CT molecular complexity index is 169. The molecule has 0 aliphatic rings. The number of allylic oxidation sites excluding steroid dienone is 1. The van der Waals surface area contributed by atoms with Crippen molar-refractivity contribution in [3.8, 4) is 0 Å². The molecular weight excluding hydrogens is 176 g/mol. The van der Waals surface area contributed by atoms with E-state index in [4.69, 9.17) is 10.6 Å². The highest BCUT2D eigenvalue weighted by molar-refractivity contribution is 4.90. The normalized spacial score (nSPS) is 15.6. The van der Waals surface area contributed by atoms with Gasteiger partial charge in [-0.3, -0.25) is 11.3 Å². The van der Waals surface area contributed by atoms with Crippen LogP contribution in [0.15, 0.2) is 12.2 Å². The Labute approximate surface area is 87.7 Å². The number of ether oxygens (including phenoxy) is 1. The van der Waals surface area contributed by atoms with Crippen molar-refractivity contribution < 1.29 is 4.74 Å². The van der Waals surface area contributed by atoms with Crippen LogP contribution >= 0.6 is 0 Å². The molecular formula is C11H24N2O. The van der Waals surface area contributed by atoms with Gasteiger partial charge in [-0.05, 0) is 25.7 Å². The van der Waals surface area contributed by atoms with Gasteiger partial charge in [0.05, 0.1) is 6.10 Å². The topological polar surface area (TPSA) is 47.3 Å². The molecule has 0 heterocycles. The molecule has 0 fully saturated rings. The second kappa shape index (κ2) is 6.98. The lowest BCUT2D eigenvalue weighted by Gasteiger charge is -2.28. The molecule has 0 aliphatic heterocycles. The summed E-state index contributed by atoms with van der Waals surface area (Å²) < 4.78 is 5.42. The highest BCUT2D eigenvalue weighted by Crippen LogP contribution is 2.15. The molecule has 0 aromatic rings. The van der Waals surface area contributed by atoms with Crippen molar-refractivity contribution >= 4 is 0 Å². The molecule has 3 nitrogen and oxygen atoms in total. The third-order valence-electron chi connectivity index (χ3n) is 2.42. The van der Waals surface area contributed by atoms with Crippen molar-refractivity contribution in [2.24, 2.45) is 11.8 Å². The molecule has 0 amide bonds. The molecule has 2 atom stereocenters. The molecule has 0 rings (SSSR count). The second-order valence-corrected chi connectivity index (χ2v) is 4.21. The van der Waals surface area contributed by atoms with Gasteiger partial charge in [0.15, 0.2) is 0 Å². The Kier molecular flexibility index (Phi) is 6.79. The summed E-state index contributed by atoms with van der Waals surface area (Å²) in [5.74, 6) is 5.98. The molecule has 14 heavy (non-hydrogen) atoms. The summed E-state index contributed by atoms with van der Waals surface area (Å²) in [7, 11) is 1.73. The first-order valence-corrected chi connectivity index (χ1v) is 5.16. The largest absolute Gasteiger partial charge is 0.380 e. The minimum atomic E-state index is 0.166. The summed E-state index contributed by atoms with van der Waals surface area (Å²) in [5, 5.41) is 0. The standard InChI is InChI=1S/C11H24N2O/c1-8(2)6-7-10(13-12)11(14-5)9(3)4/h9-11,13H,1,6-7,12H2,2-5H3. The van der Waals surface area contributed by atoms with Crippen LogP contribution in [0.25, 0.3) is 0 Å². The molecule has 0 saturated heterocycles. The lowest BCUT2D eigenvalue weighted by molar-refractivity contribution is 0.0308. The van der Waals surface area contributed by atoms with Gasteiger partial charge in [-0.2, -0.15) is 0 Å². The summed E-state index contributed by atoms with van der Waals surface area (Å²) in [4.78, 5) is 0. The van der Waals surface area contributed by atoms with E-state index in [2.05, 4.69) is 25.9 Å². The van der Waals surface area contributed by atoms with Crippen molar-refractivity contribution in [3.63, 3.8) is 0 Å².